The number of aromatic nitrogens is 2. The van der Waals surface area contributed by atoms with Gasteiger partial charge in [-0.1, -0.05) is 30.3 Å². The maximum Gasteiger partial charge on any atom is 0.356 e. The molecule has 0 aliphatic rings. The summed E-state index contributed by atoms with van der Waals surface area (Å²) in [5, 5.41) is 4.46. The topological polar surface area (TPSA) is 70.4 Å². The van der Waals surface area contributed by atoms with Crippen LogP contribution < -0.4 is 0 Å². The second-order valence-electron chi connectivity index (χ2n) is 4.90. The van der Waals surface area contributed by atoms with Crippen LogP contribution in [0.25, 0.3) is 11.3 Å². The average molecular weight is 316 g/mol. The Kier molecular flexibility index (Phi) is 5.91. The van der Waals surface area contributed by atoms with E-state index in [4.69, 9.17) is 9.47 Å². The molecule has 2 aromatic rings. The molecule has 0 unspecified atom stereocenters. The molecule has 0 bridgehead atoms. The number of aryl methyl sites for hydroxylation is 1. The molecular weight excluding hydrogens is 296 g/mol. The highest BCUT2D eigenvalue weighted by molar-refractivity contribution is 5.89. The van der Waals surface area contributed by atoms with Gasteiger partial charge in [-0.05, 0) is 19.4 Å². The number of ether oxygens (including phenoxy) is 2. The van der Waals surface area contributed by atoms with Crippen molar-refractivity contribution in [1.29, 1.82) is 0 Å². The highest BCUT2D eigenvalue weighted by atomic mass is 16.5. The van der Waals surface area contributed by atoms with E-state index in [0.29, 0.717) is 31.0 Å². The Morgan fingerprint density at radius 3 is 2.61 bits per heavy atom. The summed E-state index contributed by atoms with van der Waals surface area (Å²) in [6.07, 6.45) is 0.827. The molecule has 1 heterocycles. The summed E-state index contributed by atoms with van der Waals surface area (Å²) in [6.45, 7) is 2.58. The van der Waals surface area contributed by atoms with Crippen molar-refractivity contribution in [3.05, 3.63) is 42.1 Å². The Morgan fingerprint density at radius 1 is 1.22 bits per heavy atom. The molecule has 1 aromatic carbocycles. The van der Waals surface area contributed by atoms with E-state index in [9.17, 15) is 9.59 Å². The van der Waals surface area contributed by atoms with Crippen molar-refractivity contribution in [2.45, 2.75) is 26.3 Å². The van der Waals surface area contributed by atoms with Crippen molar-refractivity contribution >= 4 is 11.9 Å². The molecule has 6 nitrogen and oxygen atoms in total. The average Bonchev–Trinajstić information content (AvgIpc) is 2.99. The van der Waals surface area contributed by atoms with Gasteiger partial charge < -0.3 is 9.47 Å². The number of nitrogens with zero attached hydrogens (tertiary/aromatic N) is 2. The van der Waals surface area contributed by atoms with Crippen LogP contribution in [-0.4, -0.2) is 35.4 Å². The molecule has 0 spiro atoms. The third-order valence-corrected chi connectivity index (χ3v) is 3.30. The van der Waals surface area contributed by atoms with Gasteiger partial charge in [0.15, 0.2) is 0 Å². The molecule has 0 atom stereocenters. The van der Waals surface area contributed by atoms with Crippen LogP contribution in [0.2, 0.25) is 0 Å². The van der Waals surface area contributed by atoms with E-state index in [1.165, 1.54) is 7.11 Å². The van der Waals surface area contributed by atoms with Crippen molar-refractivity contribution in [3.63, 3.8) is 0 Å². The molecule has 0 radical (unpaired) electrons. The molecule has 0 saturated heterocycles. The van der Waals surface area contributed by atoms with E-state index in [-0.39, 0.29) is 12.4 Å². The molecule has 122 valence electrons. The minimum Gasteiger partial charge on any atom is -0.466 e. The van der Waals surface area contributed by atoms with Gasteiger partial charge in [0, 0.05) is 18.5 Å². The molecular formula is C17H20N2O4. The third-order valence-electron chi connectivity index (χ3n) is 3.30. The maximum absolute atomic E-state index is 11.9. The number of hydrogen-bond acceptors (Lipinski definition) is 5. The monoisotopic (exact) mass is 316 g/mol. The van der Waals surface area contributed by atoms with E-state index in [1.54, 1.807) is 17.7 Å². The fourth-order valence-electron chi connectivity index (χ4n) is 2.21. The van der Waals surface area contributed by atoms with E-state index >= 15 is 0 Å². The van der Waals surface area contributed by atoms with E-state index < -0.39 is 5.97 Å². The third kappa shape index (κ3) is 4.42. The van der Waals surface area contributed by atoms with Gasteiger partial charge in [0.25, 0.3) is 0 Å². The summed E-state index contributed by atoms with van der Waals surface area (Å²) in [5.41, 5.74) is 1.99. The first kappa shape index (κ1) is 16.7. The first-order chi connectivity index (χ1) is 11.2. The summed E-state index contributed by atoms with van der Waals surface area (Å²) in [5.74, 6) is -0.696. The Balaban J connectivity index is 2.15. The Hall–Kier alpha value is -2.63. The largest absolute Gasteiger partial charge is 0.466 e. The highest BCUT2D eigenvalue weighted by Gasteiger charge is 2.17. The predicted molar refractivity (Wildman–Crippen MR) is 84.9 cm³/mol. The van der Waals surface area contributed by atoms with E-state index in [2.05, 4.69) is 5.10 Å². The normalized spacial score (nSPS) is 10.3. The SMILES string of the molecule is CCOC(=O)CCCn1nc(-c2ccccc2)cc1C(=O)OC. The van der Waals surface area contributed by atoms with E-state index in [0.717, 1.165) is 5.56 Å². The number of hydrogen-bond donors (Lipinski definition) is 0. The number of carbonyl (C=O) groups excluding carboxylic acids is 2. The lowest BCUT2D eigenvalue weighted by atomic mass is 10.1. The smallest absolute Gasteiger partial charge is 0.356 e. The van der Waals surface area contributed by atoms with E-state index in [1.807, 2.05) is 30.3 Å². The lowest BCUT2D eigenvalue weighted by Crippen LogP contribution is -2.13. The first-order valence-electron chi connectivity index (χ1n) is 7.53. The second-order valence-corrected chi connectivity index (χ2v) is 4.90. The minimum atomic E-state index is -0.448. The van der Waals surface area contributed by atoms with Gasteiger partial charge in [-0.15, -0.1) is 0 Å². The maximum atomic E-state index is 11.9. The zero-order valence-electron chi connectivity index (χ0n) is 13.3. The Labute approximate surface area is 135 Å². The summed E-state index contributed by atoms with van der Waals surface area (Å²) in [4.78, 5) is 23.3. The lowest BCUT2D eigenvalue weighted by Gasteiger charge is -2.05. The lowest BCUT2D eigenvalue weighted by molar-refractivity contribution is -0.143. The molecule has 1 aromatic heterocycles. The summed E-state index contributed by atoms with van der Waals surface area (Å²) in [6, 6.07) is 11.3. The molecule has 0 saturated carbocycles. The molecule has 6 heteroatoms. The van der Waals surface area contributed by atoms with Gasteiger partial charge >= 0.3 is 11.9 Å². The van der Waals surface area contributed by atoms with Crippen LogP contribution in [-0.2, 0) is 20.8 Å². The molecule has 0 aliphatic heterocycles. The van der Waals surface area contributed by atoms with Crippen LogP contribution in [0.3, 0.4) is 0 Å². The molecule has 0 aliphatic carbocycles. The molecule has 0 fully saturated rings. The van der Waals surface area contributed by atoms with Crippen LogP contribution in [0.1, 0.15) is 30.3 Å². The number of esters is 2. The van der Waals surface area contributed by atoms with Crippen molar-refractivity contribution in [2.24, 2.45) is 0 Å². The zero-order valence-corrected chi connectivity index (χ0v) is 13.3. The fraction of sp³-hybridized carbons (Fsp3) is 0.353. The van der Waals surface area contributed by atoms with Gasteiger partial charge in [0.1, 0.15) is 5.69 Å². The van der Waals surface area contributed by atoms with Gasteiger partial charge in [-0.3, -0.25) is 9.48 Å². The number of methoxy groups -OCH3 is 1. The predicted octanol–water partition coefficient (Wildman–Crippen LogP) is 2.68. The van der Waals surface area contributed by atoms with Crippen molar-refractivity contribution in [3.8, 4) is 11.3 Å². The van der Waals surface area contributed by atoms with Crippen molar-refractivity contribution < 1.29 is 19.1 Å². The van der Waals surface area contributed by atoms with Gasteiger partial charge in [-0.2, -0.15) is 5.10 Å². The summed E-state index contributed by atoms with van der Waals surface area (Å²) < 4.78 is 11.3. The Morgan fingerprint density at radius 2 is 1.96 bits per heavy atom. The summed E-state index contributed by atoms with van der Waals surface area (Å²) in [7, 11) is 1.33. The zero-order chi connectivity index (χ0) is 16.7. The van der Waals surface area contributed by atoms with Crippen LogP contribution >= 0.6 is 0 Å². The molecule has 23 heavy (non-hydrogen) atoms. The molecule has 2 rings (SSSR count). The van der Waals surface area contributed by atoms with Crippen LogP contribution in [0.5, 0.6) is 0 Å². The first-order valence-corrected chi connectivity index (χ1v) is 7.53. The van der Waals surface area contributed by atoms with Crippen LogP contribution in [0, 0.1) is 0 Å². The highest BCUT2D eigenvalue weighted by Crippen LogP contribution is 2.19. The number of carbonyl (C=O) groups is 2. The second kappa shape index (κ2) is 8.12. The van der Waals surface area contributed by atoms with Gasteiger partial charge in [0.05, 0.1) is 19.4 Å². The van der Waals surface area contributed by atoms with Crippen LogP contribution in [0.15, 0.2) is 36.4 Å². The summed E-state index contributed by atoms with van der Waals surface area (Å²) >= 11 is 0. The minimum absolute atomic E-state index is 0.248. The van der Waals surface area contributed by atoms with Gasteiger partial charge in [-0.25, -0.2) is 4.79 Å². The number of benzene rings is 1. The number of rotatable bonds is 7. The fourth-order valence-corrected chi connectivity index (χ4v) is 2.21. The van der Waals surface area contributed by atoms with Crippen molar-refractivity contribution in [2.75, 3.05) is 13.7 Å². The van der Waals surface area contributed by atoms with Gasteiger partial charge in [0.2, 0.25) is 0 Å². The standard InChI is InChI=1S/C17H20N2O4/c1-3-23-16(20)10-7-11-19-15(17(21)22-2)12-14(18-19)13-8-5-4-6-9-13/h4-6,8-9,12H,3,7,10-11H2,1-2H3. The quantitative estimate of drug-likeness (QED) is 0.734. The molecule has 0 N–H and O–H groups in total. The molecule has 0 amide bonds. The Bertz CT molecular complexity index is 664. The van der Waals surface area contributed by atoms with Crippen LogP contribution in [0.4, 0.5) is 0 Å². The van der Waals surface area contributed by atoms with Crippen molar-refractivity contribution in [1.82, 2.24) is 9.78 Å².